The number of carbonyl (C=O) groups excluding carboxylic acids is 2. The van der Waals surface area contributed by atoms with Gasteiger partial charge in [-0.15, -0.1) is 0 Å². The van der Waals surface area contributed by atoms with E-state index >= 15 is 0 Å². The number of hydrogen-bond acceptors (Lipinski definition) is 4. The van der Waals surface area contributed by atoms with E-state index < -0.39 is 6.09 Å². The minimum atomic E-state index is -0.412. The summed E-state index contributed by atoms with van der Waals surface area (Å²) in [5.41, 5.74) is 0. The van der Waals surface area contributed by atoms with E-state index in [-0.39, 0.29) is 24.0 Å². The third kappa shape index (κ3) is 2.06. The van der Waals surface area contributed by atoms with Crippen molar-refractivity contribution in [2.24, 2.45) is 5.92 Å². The minimum Gasteiger partial charge on any atom is -0.466 e. The van der Waals surface area contributed by atoms with Gasteiger partial charge in [-0.2, -0.15) is 0 Å². The van der Waals surface area contributed by atoms with Gasteiger partial charge < -0.3 is 14.8 Å². The summed E-state index contributed by atoms with van der Waals surface area (Å²) in [5, 5.41) is 2.68. The molecule has 1 saturated carbocycles. The van der Waals surface area contributed by atoms with Crippen molar-refractivity contribution in [3.63, 3.8) is 0 Å². The number of esters is 1. The highest BCUT2D eigenvalue weighted by Crippen LogP contribution is 2.30. The number of amides is 1. The van der Waals surface area contributed by atoms with Crippen LogP contribution in [0.4, 0.5) is 4.79 Å². The maximum Gasteiger partial charge on any atom is 0.407 e. The molecule has 84 valence electrons. The van der Waals surface area contributed by atoms with Crippen LogP contribution < -0.4 is 5.32 Å². The topological polar surface area (TPSA) is 64.6 Å². The molecule has 0 aromatic rings. The lowest BCUT2D eigenvalue weighted by atomic mass is 9.82. The molecule has 2 rings (SSSR count). The van der Waals surface area contributed by atoms with Gasteiger partial charge in [0.05, 0.1) is 12.5 Å². The van der Waals surface area contributed by atoms with Crippen LogP contribution in [-0.4, -0.2) is 30.8 Å². The summed E-state index contributed by atoms with van der Waals surface area (Å²) in [6, 6.07) is -0.107. The SMILES string of the molecule is CCOC(=O)[C@@H]1CC[C@H]2C[C@@H]1NC(=O)O2. The van der Waals surface area contributed by atoms with Crippen LogP contribution in [0.5, 0.6) is 0 Å². The average Bonchev–Trinajstić information content (AvgIpc) is 2.17. The van der Waals surface area contributed by atoms with Gasteiger partial charge in [0.1, 0.15) is 6.10 Å². The molecule has 0 unspecified atom stereocenters. The van der Waals surface area contributed by atoms with Crippen molar-refractivity contribution in [1.29, 1.82) is 0 Å². The number of ether oxygens (including phenoxy) is 2. The second-order valence-corrected chi connectivity index (χ2v) is 3.95. The van der Waals surface area contributed by atoms with Crippen LogP contribution in [-0.2, 0) is 14.3 Å². The van der Waals surface area contributed by atoms with Crippen molar-refractivity contribution in [2.45, 2.75) is 38.3 Å². The van der Waals surface area contributed by atoms with Crippen LogP contribution in [0, 0.1) is 5.92 Å². The molecule has 1 aliphatic carbocycles. The Morgan fingerprint density at radius 1 is 1.60 bits per heavy atom. The van der Waals surface area contributed by atoms with Gasteiger partial charge in [-0.25, -0.2) is 4.79 Å². The quantitative estimate of drug-likeness (QED) is 0.690. The molecular formula is C10H15NO4. The lowest BCUT2D eigenvalue weighted by molar-refractivity contribution is -0.151. The Balaban J connectivity index is 2.01. The number of fused-ring (bicyclic) bond motifs is 2. The fraction of sp³-hybridized carbons (Fsp3) is 0.800. The van der Waals surface area contributed by atoms with E-state index in [1.54, 1.807) is 6.92 Å². The van der Waals surface area contributed by atoms with Gasteiger partial charge in [-0.05, 0) is 19.8 Å². The van der Waals surface area contributed by atoms with E-state index in [9.17, 15) is 9.59 Å². The van der Waals surface area contributed by atoms with Gasteiger partial charge in [0.25, 0.3) is 0 Å². The molecule has 5 nitrogen and oxygen atoms in total. The maximum atomic E-state index is 11.6. The molecule has 1 amide bonds. The third-order valence-electron chi connectivity index (χ3n) is 2.97. The second-order valence-electron chi connectivity index (χ2n) is 3.95. The Hall–Kier alpha value is -1.26. The van der Waals surface area contributed by atoms with E-state index in [0.717, 1.165) is 19.3 Å². The summed E-state index contributed by atoms with van der Waals surface area (Å²) in [6.07, 6.45) is 1.77. The molecule has 0 spiro atoms. The lowest BCUT2D eigenvalue weighted by Crippen LogP contribution is -2.54. The Morgan fingerprint density at radius 2 is 2.40 bits per heavy atom. The maximum absolute atomic E-state index is 11.6. The van der Waals surface area contributed by atoms with E-state index in [2.05, 4.69) is 5.32 Å². The predicted octanol–water partition coefficient (Wildman–Crippen LogP) is 0.827. The first-order valence-corrected chi connectivity index (χ1v) is 5.34. The molecule has 2 fully saturated rings. The first kappa shape index (κ1) is 10.3. The largest absolute Gasteiger partial charge is 0.466 e. The van der Waals surface area contributed by atoms with Gasteiger partial charge in [0.2, 0.25) is 0 Å². The summed E-state index contributed by atoms with van der Waals surface area (Å²) in [7, 11) is 0. The molecule has 0 aromatic carbocycles. The van der Waals surface area contributed by atoms with Crippen LogP contribution in [0.25, 0.3) is 0 Å². The number of nitrogens with one attached hydrogen (secondary N) is 1. The molecule has 1 N–H and O–H groups in total. The van der Waals surface area contributed by atoms with E-state index in [1.165, 1.54) is 0 Å². The normalized spacial score (nSPS) is 33.9. The molecular weight excluding hydrogens is 198 g/mol. The molecule has 15 heavy (non-hydrogen) atoms. The highest BCUT2D eigenvalue weighted by Gasteiger charge is 2.41. The average molecular weight is 213 g/mol. The summed E-state index contributed by atoms with van der Waals surface area (Å²) in [4.78, 5) is 22.7. The molecule has 3 atom stereocenters. The molecule has 0 radical (unpaired) electrons. The monoisotopic (exact) mass is 213 g/mol. The van der Waals surface area contributed by atoms with Crippen molar-refractivity contribution in [3.05, 3.63) is 0 Å². The van der Waals surface area contributed by atoms with Crippen molar-refractivity contribution in [3.8, 4) is 0 Å². The van der Waals surface area contributed by atoms with Crippen molar-refractivity contribution >= 4 is 12.1 Å². The zero-order valence-electron chi connectivity index (χ0n) is 8.69. The molecule has 1 aliphatic heterocycles. The minimum absolute atomic E-state index is 0.0190. The van der Waals surface area contributed by atoms with Crippen molar-refractivity contribution < 1.29 is 19.1 Å². The predicted molar refractivity (Wildman–Crippen MR) is 51.2 cm³/mol. The number of carbonyl (C=O) groups is 2. The highest BCUT2D eigenvalue weighted by molar-refractivity contribution is 5.76. The first-order valence-electron chi connectivity index (χ1n) is 5.34. The van der Waals surface area contributed by atoms with Crippen LogP contribution >= 0.6 is 0 Å². The van der Waals surface area contributed by atoms with Gasteiger partial charge in [-0.3, -0.25) is 4.79 Å². The number of alkyl carbamates (subject to hydrolysis) is 1. The Labute approximate surface area is 88.1 Å². The van der Waals surface area contributed by atoms with E-state index in [4.69, 9.17) is 9.47 Å². The second kappa shape index (κ2) is 4.08. The molecule has 1 heterocycles. The number of rotatable bonds is 2. The number of hydrogen-bond donors (Lipinski definition) is 1. The third-order valence-corrected chi connectivity index (χ3v) is 2.97. The smallest absolute Gasteiger partial charge is 0.407 e. The fourth-order valence-electron chi connectivity index (χ4n) is 2.27. The van der Waals surface area contributed by atoms with Gasteiger partial charge in [0, 0.05) is 12.5 Å². The zero-order valence-corrected chi connectivity index (χ0v) is 8.69. The van der Waals surface area contributed by atoms with E-state index in [1.807, 2.05) is 0 Å². The van der Waals surface area contributed by atoms with Gasteiger partial charge in [0.15, 0.2) is 0 Å². The first-order chi connectivity index (χ1) is 7.20. The van der Waals surface area contributed by atoms with Crippen LogP contribution in [0.2, 0.25) is 0 Å². The zero-order chi connectivity index (χ0) is 10.8. The Morgan fingerprint density at radius 3 is 3.13 bits per heavy atom. The van der Waals surface area contributed by atoms with Gasteiger partial charge >= 0.3 is 12.1 Å². The van der Waals surface area contributed by atoms with Crippen LogP contribution in [0.3, 0.4) is 0 Å². The Kier molecular flexibility index (Phi) is 2.79. The summed E-state index contributed by atoms with van der Waals surface area (Å²) in [5.74, 6) is -0.405. The summed E-state index contributed by atoms with van der Waals surface area (Å²) < 4.78 is 10.0. The molecule has 5 heteroatoms. The van der Waals surface area contributed by atoms with E-state index in [0.29, 0.717) is 6.61 Å². The standard InChI is InChI=1S/C10H15NO4/c1-2-14-9(12)7-4-3-6-5-8(7)11-10(13)15-6/h6-8H,2-5H2,1H3,(H,11,13)/t6-,7+,8-/m0/s1. The van der Waals surface area contributed by atoms with Crippen molar-refractivity contribution in [2.75, 3.05) is 6.61 Å². The summed E-state index contributed by atoms with van der Waals surface area (Å²) in [6.45, 7) is 2.17. The molecule has 1 saturated heterocycles. The highest BCUT2D eigenvalue weighted by atomic mass is 16.6. The fourth-order valence-corrected chi connectivity index (χ4v) is 2.27. The van der Waals surface area contributed by atoms with Crippen molar-refractivity contribution in [1.82, 2.24) is 5.32 Å². The Bertz CT molecular complexity index is 279. The molecule has 2 aliphatic rings. The van der Waals surface area contributed by atoms with Crippen LogP contribution in [0.1, 0.15) is 26.2 Å². The lowest BCUT2D eigenvalue weighted by Gasteiger charge is -2.38. The summed E-state index contributed by atoms with van der Waals surface area (Å²) >= 11 is 0. The molecule has 0 aromatic heterocycles. The van der Waals surface area contributed by atoms with Gasteiger partial charge in [-0.1, -0.05) is 0 Å². The molecule has 2 bridgehead atoms. The van der Waals surface area contributed by atoms with Crippen LogP contribution in [0.15, 0.2) is 0 Å².